The van der Waals surface area contributed by atoms with Gasteiger partial charge in [-0.05, 0) is 44.9 Å². The quantitative estimate of drug-likeness (QED) is 0.868. The Balaban J connectivity index is 2.06. The average Bonchev–Trinajstić information content (AvgIpc) is 2.35. The molecule has 2 heteroatoms. The second-order valence-corrected chi connectivity index (χ2v) is 6.65. The van der Waals surface area contributed by atoms with Crippen LogP contribution in [0.15, 0.2) is 23.1 Å². The predicted octanol–water partition coefficient (Wildman–Crippen LogP) is 4.32. The summed E-state index contributed by atoms with van der Waals surface area (Å²) in [5.74, 6) is 0. The molecule has 0 bridgehead atoms. The van der Waals surface area contributed by atoms with Crippen LogP contribution in [0.5, 0.6) is 0 Å². The van der Waals surface area contributed by atoms with Crippen molar-refractivity contribution in [3.05, 3.63) is 29.3 Å². The molecule has 0 aliphatic heterocycles. The van der Waals surface area contributed by atoms with Crippen LogP contribution >= 0.6 is 11.8 Å². The Labute approximate surface area is 116 Å². The highest BCUT2D eigenvalue weighted by Gasteiger charge is 2.25. The number of hydrogen-bond donors (Lipinski definition) is 1. The van der Waals surface area contributed by atoms with E-state index < -0.39 is 0 Å². The summed E-state index contributed by atoms with van der Waals surface area (Å²) in [7, 11) is 0. The zero-order valence-electron chi connectivity index (χ0n) is 11.8. The molecule has 0 spiro atoms. The van der Waals surface area contributed by atoms with E-state index in [1.807, 2.05) is 0 Å². The Kier molecular flexibility index (Phi) is 5.13. The first-order chi connectivity index (χ1) is 8.70. The highest BCUT2D eigenvalue weighted by atomic mass is 32.2. The van der Waals surface area contributed by atoms with E-state index in [1.54, 1.807) is 0 Å². The SMILES string of the molecule is CCNC1CCCCC1Sc1ccc(C)cc1C. The molecule has 2 rings (SSSR count). The fourth-order valence-corrected chi connectivity index (χ4v) is 4.23. The van der Waals surface area contributed by atoms with Crippen LogP contribution in [0.4, 0.5) is 0 Å². The van der Waals surface area contributed by atoms with E-state index in [9.17, 15) is 0 Å². The van der Waals surface area contributed by atoms with Gasteiger partial charge < -0.3 is 5.32 Å². The third-order valence-electron chi connectivity index (χ3n) is 3.78. The molecule has 1 aromatic carbocycles. The van der Waals surface area contributed by atoms with E-state index in [-0.39, 0.29) is 0 Å². The number of aryl methyl sites for hydroxylation is 2. The van der Waals surface area contributed by atoms with Gasteiger partial charge in [0.2, 0.25) is 0 Å². The van der Waals surface area contributed by atoms with E-state index in [1.165, 1.54) is 41.7 Å². The van der Waals surface area contributed by atoms with Gasteiger partial charge in [-0.15, -0.1) is 11.8 Å². The van der Waals surface area contributed by atoms with E-state index in [4.69, 9.17) is 0 Å². The van der Waals surface area contributed by atoms with Crippen LogP contribution in [0.2, 0.25) is 0 Å². The summed E-state index contributed by atoms with van der Waals surface area (Å²) < 4.78 is 0. The van der Waals surface area contributed by atoms with Crippen molar-refractivity contribution < 1.29 is 0 Å². The molecule has 2 atom stereocenters. The Morgan fingerprint density at radius 1 is 1.22 bits per heavy atom. The van der Waals surface area contributed by atoms with Gasteiger partial charge in [0.15, 0.2) is 0 Å². The predicted molar refractivity (Wildman–Crippen MR) is 81.5 cm³/mol. The Hall–Kier alpha value is -0.470. The fraction of sp³-hybridized carbons (Fsp3) is 0.625. The van der Waals surface area contributed by atoms with Gasteiger partial charge in [-0.25, -0.2) is 0 Å². The standard InChI is InChI=1S/C16H25NS/c1-4-17-14-7-5-6-8-16(14)18-15-10-9-12(2)11-13(15)3/h9-11,14,16-17H,4-8H2,1-3H3. The molecule has 1 nitrogen and oxygen atoms in total. The first kappa shape index (κ1) is 14.0. The molecule has 100 valence electrons. The van der Waals surface area contributed by atoms with Crippen molar-refractivity contribution in [1.29, 1.82) is 0 Å². The van der Waals surface area contributed by atoms with Gasteiger partial charge in [-0.3, -0.25) is 0 Å². The minimum Gasteiger partial charge on any atom is -0.313 e. The minimum atomic E-state index is 0.703. The van der Waals surface area contributed by atoms with Crippen molar-refractivity contribution >= 4 is 11.8 Å². The summed E-state index contributed by atoms with van der Waals surface area (Å²) in [5, 5.41) is 4.41. The normalized spacial score (nSPS) is 24.2. The van der Waals surface area contributed by atoms with Gasteiger partial charge in [-0.1, -0.05) is 37.5 Å². The van der Waals surface area contributed by atoms with E-state index in [0.29, 0.717) is 6.04 Å². The molecule has 1 saturated carbocycles. The summed E-state index contributed by atoms with van der Waals surface area (Å²) in [4.78, 5) is 1.47. The van der Waals surface area contributed by atoms with Crippen molar-refractivity contribution in [3.63, 3.8) is 0 Å². The molecule has 0 saturated heterocycles. The van der Waals surface area contributed by atoms with Gasteiger partial charge in [0.1, 0.15) is 0 Å². The molecule has 1 aliphatic carbocycles. The zero-order valence-corrected chi connectivity index (χ0v) is 12.6. The lowest BCUT2D eigenvalue weighted by Gasteiger charge is -2.32. The molecule has 1 aromatic rings. The Morgan fingerprint density at radius 3 is 2.72 bits per heavy atom. The molecule has 0 aromatic heterocycles. The lowest BCUT2D eigenvalue weighted by atomic mass is 9.95. The molecule has 0 amide bonds. The van der Waals surface area contributed by atoms with Gasteiger partial charge in [0.25, 0.3) is 0 Å². The summed E-state index contributed by atoms with van der Waals surface area (Å²) in [6, 6.07) is 7.54. The topological polar surface area (TPSA) is 12.0 Å². The monoisotopic (exact) mass is 263 g/mol. The summed E-state index contributed by atoms with van der Waals surface area (Å²) in [6.07, 6.45) is 5.48. The summed E-state index contributed by atoms with van der Waals surface area (Å²) >= 11 is 2.09. The second-order valence-electron chi connectivity index (χ2n) is 5.37. The van der Waals surface area contributed by atoms with Crippen LogP contribution in [0.3, 0.4) is 0 Å². The maximum atomic E-state index is 3.66. The van der Waals surface area contributed by atoms with Crippen LogP contribution in [0.25, 0.3) is 0 Å². The fourth-order valence-electron chi connectivity index (χ4n) is 2.83. The van der Waals surface area contributed by atoms with E-state index in [0.717, 1.165) is 11.8 Å². The summed E-state index contributed by atoms with van der Waals surface area (Å²) in [6.45, 7) is 7.71. The van der Waals surface area contributed by atoms with Crippen molar-refractivity contribution in [2.75, 3.05) is 6.54 Å². The molecule has 1 aliphatic rings. The first-order valence-corrected chi connectivity index (χ1v) is 8.06. The maximum Gasteiger partial charge on any atom is 0.0248 e. The molecule has 0 radical (unpaired) electrons. The number of rotatable bonds is 4. The molecule has 0 heterocycles. The zero-order chi connectivity index (χ0) is 13.0. The number of benzene rings is 1. The molecular formula is C16H25NS. The number of nitrogens with one attached hydrogen (secondary N) is 1. The lowest BCUT2D eigenvalue weighted by molar-refractivity contribution is 0.391. The molecule has 2 unspecified atom stereocenters. The third-order valence-corrected chi connectivity index (χ3v) is 5.36. The molecular weight excluding hydrogens is 238 g/mol. The van der Waals surface area contributed by atoms with Crippen molar-refractivity contribution in [3.8, 4) is 0 Å². The van der Waals surface area contributed by atoms with Crippen LogP contribution in [-0.2, 0) is 0 Å². The first-order valence-electron chi connectivity index (χ1n) is 7.18. The number of hydrogen-bond acceptors (Lipinski definition) is 2. The molecule has 1 N–H and O–H groups in total. The maximum absolute atomic E-state index is 3.66. The van der Waals surface area contributed by atoms with Gasteiger partial charge in [-0.2, -0.15) is 0 Å². The summed E-state index contributed by atoms with van der Waals surface area (Å²) in [5.41, 5.74) is 2.80. The third kappa shape index (κ3) is 3.52. The Bertz CT molecular complexity index is 387. The van der Waals surface area contributed by atoms with Crippen molar-refractivity contribution in [2.24, 2.45) is 0 Å². The lowest BCUT2D eigenvalue weighted by Crippen LogP contribution is -2.40. The van der Waals surface area contributed by atoms with E-state index in [2.05, 4.69) is 56.0 Å². The van der Waals surface area contributed by atoms with Gasteiger partial charge in [0, 0.05) is 16.2 Å². The van der Waals surface area contributed by atoms with Gasteiger partial charge >= 0.3 is 0 Å². The highest BCUT2D eigenvalue weighted by molar-refractivity contribution is 8.00. The van der Waals surface area contributed by atoms with Crippen LogP contribution in [-0.4, -0.2) is 17.8 Å². The average molecular weight is 263 g/mol. The molecule has 18 heavy (non-hydrogen) atoms. The highest BCUT2D eigenvalue weighted by Crippen LogP contribution is 2.35. The largest absolute Gasteiger partial charge is 0.313 e. The Morgan fingerprint density at radius 2 is 2.00 bits per heavy atom. The van der Waals surface area contributed by atoms with E-state index >= 15 is 0 Å². The van der Waals surface area contributed by atoms with Crippen LogP contribution in [0.1, 0.15) is 43.7 Å². The van der Waals surface area contributed by atoms with Crippen molar-refractivity contribution in [1.82, 2.24) is 5.32 Å². The van der Waals surface area contributed by atoms with Crippen LogP contribution < -0.4 is 5.32 Å². The molecule has 1 fully saturated rings. The van der Waals surface area contributed by atoms with Crippen LogP contribution in [0, 0.1) is 13.8 Å². The number of thioether (sulfide) groups is 1. The second kappa shape index (κ2) is 6.63. The minimum absolute atomic E-state index is 0.703. The van der Waals surface area contributed by atoms with Gasteiger partial charge in [0.05, 0.1) is 0 Å². The smallest absolute Gasteiger partial charge is 0.0248 e. The van der Waals surface area contributed by atoms with Crippen molar-refractivity contribution in [2.45, 2.75) is 62.6 Å².